The van der Waals surface area contributed by atoms with E-state index in [4.69, 9.17) is 9.97 Å². The Labute approximate surface area is 211 Å². The molecule has 8 nitrogen and oxygen atoms in total. The summed E-state index contributed by atoms with van der Waals surface area (Å²) < 4.78 is 39.6. The van der Waals surface area contributed by atoms with Crippen molar-refractivity contribution >= 4 is 28.5 Å². The Hall–Kier alpha value is -3.73. The van der Waals surface area contributed by atoms with Crippen molar-refractivity contribution < 1.29 is 22.8 Å². The van der Waals surface area contributed by atoms with Gasteiger partial charge in [-0.3, -0.25) is 14.5 Å². The number of alkyl halides is 3. The van der Waals surface area contributed by atoms with Gasteiger partial charge in [-0.2, -0.15) is 13.2 Å². The van der Waals surface area contributed by atoms with Crippen molar-refractivity contribution in [2.24, 2.45) is 5.92 Å². The Morgan fingerprint density at radius 3 is 2.59 bits per heavy atom. The van der Waals surface area contributed by atoms with Crippen LogP contribution < -0.4 is 10.6 Å². The van der Waals surface area contributed by atoms with E-state index in [0.29, 0.717) is 24.7 Å². The summed E-state index contributed by atoms with van der Waals surface area (Å²) in [5, 5.41) is 7.15. The second-order valence-electron chi connectivity index (χ2n) is 9.70. The van der Waals surface area contributed by atoms with Crippen LogP contribution in [0, 0.1) is 5.92 Å². The van der Waals surface area contributed by atoms with Crippen LogP contribution in [-0.4, -0.2) is 63.4 Å². The molecule has 2 bridgehead atoms. The number of benzene rings is 2. The largest absolute Gasteiger partial charge is 0.416 e. The Bertz CT molecular complexity index is 1350. The quantitative estimate of drug-likeness (QED) is 0.547. The molecule has 1 aromatic heterocycles. The SMILES string of the molecule is CC(C)[C@@H]1Nc2nc(nc3ccccc23)CN2CCN(C(=O)c3cccc(C(F)(F)F)c3)CC2NC1=O. The molecule has 0 aliphatic carbocycles. The summed E-state index contributed by atoms with van der Waals surface area (Å²) >= 11 is 0. The predicted molar refractivity (Wildman–Crippen MR) is 131 cm³/mol. The van der Waals surface area contributed by atoms with Crippen molar-refractivity contribution in [3.8, 4) is 0 Å². The first-order valence-corrected chi connectivity index (χ1v) is 12.1. The van der Waals surface area contributed by atoms with E-state index in [2.05, 4.69) is 10.6 Å². The molecule has 0 saturated carbocycles. The second kappa shape index (κ2) is 9.62. The summed E-state index contributed by atoms with van der Waals surface area (Å²) in [5.74, 6) is 0.328. The molecular formula is C26H27F3N6O2. The molecule has 1 unspecified atom stereocenters. The van der Waals surface area contributed by atoms with E-state index in [1.165, 1.54) is 17.0 Å². The molecule has 3 aromatic rings. The fraction of sp³-hybridized carbons (Fsp3) is 0.385. The number of nitrogens with zero attached hydrogens (tertiary/aromatic N) is 4. The zero-order valence-corrected chi connectivity index (χ0v) is 20.4. The van der Waals surface area contributed by atoms with E-state index in [9.17, 15) is 22.8 Å². The molecule has 2 amide bonds. The summed E-state index contributed by atoms with van der Waals surface area (Å²) in [6.45, 7) is 4.98. The van der Waals surface area contributed by atoms with E-state index < -0.39 is 29.9 Å². The van der Waals surface area contributed by atoms with Crippen molar-refractivity contribution in [2.45, 2.75) is 38.8 Å². The van der Waals surface area contributed by atoms with Gasteiger partial charge in [0, 0.05) is 24.0 Å². The lowest BCUT2D eigenvalue weighted by Crippen LogP contribution is -2.63. The number of hydrogen-bond acceptors (Lipinski definition) is 6. The fourth-order valence-electron chi connectivity index (χ4n) is 4.77. The van der Waals surface area contributed by atoms with Gasteiger partial charge < -0.3 is 15.5 Å². The number of nitrogens with one attached hydrogen (secondary N) is 2. The van der Waals surface area contributed by atoms with Gasteiger partial charge in [0.1, 0.15) is 23.8 Å². The smallest absolute Gasteiger partial charge is 0.358 e. The number of halogens is 3. The lowest BCUT2D eigenvalue weighted by molar-refractivity contribution is -0.137. The zero-order chi connectivity index (χ0) is 26.3. The van der Waals surface area contributed by atoms with Crippen LogP contribution in [0.15, 0.2) is 48.5 Å². The predicted octanol–water partition coefficient (Wildman–Crippen LogP) is 3.50. The van der Waals surface area contributed by atoms with Gasteiger partial charge in [0.15, 0.2) is 0 Å². The average Bonchev–Trinajstić information content (AvgIpc) is 2.86. The van der Waals surface area contributed by atoms with Crippen molar-refractivity contribution in [2.75, 3.05) is 25.0 Å². The van der Waals surface area contributed by atoms with E-state index >= 15 is 0 Å². The third kappa shape index (κ3) is 5.08. The summed E-state index contributed by atoms with van der Waals surface area (Å²) in [6, 6.07) is 11.4. The number of piperazine rings is 1. The van der Waals surface area contributed by atoms with Crippen molar-refractivity contribution in [1.29, 1.82) is 0 Å². The number of carbonyl (C=O) groups is 2. The third-order valence-electron chi connectivity index (χ3n) is 6.76. The van der Waals surface area contributed by atoms with Gasteiger partial charge >= 0.3 is 6.18 Å². The van der Waals surface area contributed by atoms with Gasteiger partial charge in [-0.05, 0) is 36.2 Å². The molecule has 1 fully saturated rings. The standard InChI is InChI=1S/C26H27F3N6O2/c1-15(2)22-24(36)32-21-14-35(25(37)16-6-5-7-17(12-16)26(27,28)29)11-10-34(21)13-20-30-19-9-4-3-8-18(19)23(31-20)33-22/h3-9,12,15,21-22H,10-11,13-14H2,1-2H3,(H,32,36)(H,30,31,33)/t21?,22-/m0/s1. The molecule has 2 aliphatic rings. The maximum atomic E-state index is 13.4. The van der Waals surface area contributed by atoms with Crippen LogP contribution in [0.3, 0.4) is 0 Å². The summed E-state index contributed by atoms with van der Waals surface area (Å²) in [4.78, 5) is 39.4. The van der Waals surface area contributed by atoms with E-state index in [1.807, 2.05) is 43.0 Å². The second-order valence-corrected chi connectivity index (χ2v) is 9.70. The van der Waals surface area contributed by atoms with Crippen molar-refractivity contribution in [3.63, 3.8) is 0 Å². The van der Waals surface area contributed by atoms with Crippen LogP contribution in [0.25, 0.3) is 10.9 Å². The molecule has 2 aromatic carbocycles. The first-order valence-electron chi connectivity index (χ1n) is 12.1. The Morgan fingerprint density at radius 2 is 1.84 bits per heavy atom. The highest BCUT2D eigenvalue weighted by Crippen LogP contribution is 2.30. The van der Waals surface area contributed by atoms with Gasteiger partial charge in [-0.25, -0.2) is 9.97 Å². The topological polar surface area (TPSA) is 90.5 Å². The van der Waals surface area contributed by atoms with E-state index in [-0.39, 0.29) is 30.5 Å². The number of rotatable bonds is 2. The molecule has 3 heterocycles. The Kier molecular flexibility index (Phi) is 6.49. The average molecular weight is 513 g/mol. The van der Waals surface area contributed by atoms with Crippen LogP contribution in [0.5, 0.6) is 0 Å². The zero-order valence-electron chi connectivity index (χ0n) is 20.4. The van der Waals surface area contributed by atoms with Gasteiger partial charge in [-0.1, -0.05) is 32.0 Å². The molecular weight excluding hydrogens is 485 g/mol. The third-order valence-corrected chi connectivity index (χ3v) is 6.76. The number of hydrogen-bond donors (Lipinski definition) is 2. The Morgan fingerprint density at radius 1 is 1.05 bits per heavy atom. The van der Waals surface area contributed by atoms with Gasteiger partial charge in [0.05, 0.1) is 24.2 Å². The number of anilines is 1. The molecule has 194 valence electrons. The molecule has 0 radical (unpaired) electrons. The van der Waals surface area contributed by atoms with Crippen LogP contribution in [-0.2, 0) is 17.5 Å². The van der Waals surface area contributed by atoms with Crippen LogP contribution in [0.4, 0.5) is 19.0 Å². The molecule has 11 heteroatoms. The summed E-state index contributed by atoms with van der Waals surface area (Å²) in [6.07, 6.45) is -5.10. The minimum Gasteiger partial charge on any atom is -0.358 e. The molecule has 2 atom stereocenters. The Balaban J connectivity index is 1.45. The first kappa shape index (κ1) is 24.9. The van der Waals surface area contributed by atoms with Crippen LogP contribution in [0.2, 0.25) is 0 Å². The summed E-state index contributed by atoms with van der Waals surface area (Å²) in [7, 11) is 0. The van der Waals surface area contributed by atoms with Gasteiger partial charge in [0.2, 0.25) is 5.91 Å². The highest BCUT2D eigenvalue weighted by Gasteiger charge is 2.36. The molecule has 0 spiro atoms. The van der Waals surface area contributed by atoms with E-state index in [0.717, 1.165) is 23.0 Å². The van der Waals surface area contributed by atoms with Gasteiger partial charge in [0.25, 0.3) is 5.91 Å². The van der Waals surface area contributed by atoms with Crippen LogP contribution >= 0.6 is 0 Å². The number of fused-ring (bicyclic) bond motifs is 5. The maximum absolute atomic E-state index is 13.4. The minimum atomic E-state index is -4.54. The van der Waals surface area contributed by atoms with Gasteiger partial charge in [-0.15, -0.1) is 0 Å². The summed E-state index contributed by atoms with van der Waals surface area (Å²) in [5.41, 5.74) is -0.161. The van der Waals surface area contributed by atoms with Crippen LogP contribution in [0.1, 0.15) is 35.6 Å². The highest BCUT2D eigenvalue weighted by molar-refractivity contribution is 5.95. The van der Waals surface area contributed by atoms with Crippen molar-refractivity contribution in [1.82, 2.24) is 25.1 Å². The number of amides is 2. The fourth-order valence-corrected chi connectivity index (χ4v) is 4.77. The molecule has 1 saturated heterocycles. The number of para-hydroxylation sites is 1. The lowest BCUT2D eigenvalue weighted by Gasteiger charge is -2.42. The normalized spacial score (nSPS) is 20.8. The minimum absolute atomic E-state index is 0.0429. The highest BCUT2D eigenvalue weighted by atomic mass is 19.4. The van der Waals surface area contributed by atoms with Crippen molar-refractivity contribution in [3.05, 3.63) is 65.5 Å². The first-order chi connectivity index (χ1) is 17.6. The number of carbonyl (C=O) groups excluding carboxylic acids is 2. The number of aromatic nitrogens is 2. The monoisotopic (exact) mass is 512 g/mol. The lowest BCUT2D eigenvalue weighted by atomic mass is 10.0. The molecule has 5 rings (SSSR count). The molecule has 2 N–H and O–H groups in total. The molecule has 2 aliphatic heterocycles. The molecule has 37 heavy (non-hydrogen) atoms. The maximum Gasteiger partial charge on any atom is 0.416 e. The van der Waals surface area contributed by atoms with E-state index in [1.54, 1.807) is 0 Å².